The molecule has 8 nitrogen and oxygen atoms in total. The van der Waals surface area contributed by atoms with E-state index in [1.165, 1.54) is 0 Å². The molecule has 0 spiro atoms. The summed E-state index contributed by atoms with van der Waals surface area (Å²) in [7, 11) is 2.09. The van der Waals surface area contributed by atoms with Crippen molar-refractivity contribution in [1.82, 2.24) is 29.7 Å². The molecule has 0 aromatic carbocycles. The molecule has 1 fully saturated rings. The number of likely N-dealkylation sites (tertiary alicyclic amines) is 1. The first-order valence-corrected chi connectivity index (χ1v) is 9.03. The Hall–Kier alpha value is -1.77. The Morgan fingerprint density at radius 1 is 1.48 bits per heavy atom. The highest BCUT2D eigenvalue weighted by molar-refractivity contribution is 4.89. The van der Waals surface area contributed by atoms with Crippen LogP contribution in [0.4, 0.5) is 0 Å². The van der Waals surface area contributed by atoms with Crippen molar-refractivity contribution in [2.45, 2.75) is 51.4 Å². The van der Waals surface area contributed by atoms with Crippen LogP contribution in [0.5, 0.6) is 0 Å². The van der Waals surface area contributed by atoms with E-state index in [2.05, 4.69) is 32.1 Å². The van der Waals surface area contributed by atoms with Crippen LogP contribution in [0.3, 0.4) is 0 Å². The van der Waals surface area contributed by atoms with Crippen LogP contribution in [0.25, 0.3) is 0 Å². The summed E-state index contributed by atoms with van der Waals surface area (Å²) in [5.74, 6) is 1.46. The molecule has 0 radical (unpaired) electrons. The van der Waals surface area contributed by atoms with Crippen LogP contribution in [0.2, 0.25) is 0 Å². The van der Waals surface area contributed by atoms with Crippen molar-refractivity contribution in [3.05, 3.63) is 30.2 Å². The van der Waals surface area contributed by atoms with E-state index in [1.807, 2.05) is 19.2 Å². The van der Waals surface area contributed by atoms with Crippen LogP contribution in [0, 0.1) is 0 Å². The third kappa shape index (κ3) is 5.10. The maximum Gasteiger partial charge on any atom is 0.226 e. The first-order valence-electron chi connectivity index (χ1n) is 9.03. The molecule has 3 rings (SSSR count). The number of aromatic nitrogens is 4. The minimum atomic E-state index is -0.426. The van der Waals surface area contributed by atoms with Crippen LogP contribution in [-0.4, -0.2) is 73.7 Å². The summed E-state index contributed by atoms with van der Waals surface area (Å²) < 4.78 is 6.96. The fraction of sp³-hybridized carbons (Fsp3) is 0.706. The lowest BCUT2D eigenvalue weighted by atomic mass is 10.0. The predicted molar refractivity (Wildman–Crippen MR) is 92.8 cm³/mol. The van der Waals surface area contributed by atoms with E-state index < -0.39 is 6.10 Å². The van der Waals surface area contributed by atoms with Crippen molar-refractivity contribution >= 4 is 0 Å². The Morgan fingerprint density at radius 2 is 2.36 bits per heavy atom. The highest BCUT2D eigenvalue weighted by Crippen LogP contribution is 2.17. The second kappa shape index (κ2) is 8.55. The molecule has 1 aliphatic heterocycles. The van der Waals surface area contributed by atoms with Gasteiger partial charge in [-0.05, 0) is 32.5 Å². The summed E-state index contributed by atoms with van der Waals surface area (Å²) in [6.07, 6.45) is 6.24. The summed E-state index contributed by atoms with van der Waals surface area (Å²) in [5.41, 5.74) is 0. The van der Waals surface area contributed by atoms with Crippen molar-refractivity contribution < 1.29 is 9.63 Å². The Balaban J connectivity index is 1.48. The van der Waals surface area contributed by atoms with Crippen LogP contribution in [0.1, 0.15) is 31.5 Å². The smallest absolute Gasteiger partial charge is 0.226 e. The van der Waals surface area contributed by atoms with E-state index in [0.717, 1.165) is 44.7 Å². The first-order chi connectivity index (χ1) is 12.1. The van der Waals surface area contributed by atoms with Crippen LogP contribution in [0.15, 0.2) is 23.0 Å². The molecule has 1 saturated heterocycles. The fourth-order valence-corrected chi connectivity index (χ4v) is 3.40. The van der Waals surface area contributed by atoms with Gasteiger partial charge in [-0.3, -0.25) is 14.5 Å². The normalized spacial score (nSPS) is 20.2. The minimum absolute atomic E-state index is 0.426. The van der Waals surface area contributed by atoms with Gasteiger partial charge in [0.2, 0.25) is 5.89 Å². The lowest BCUT2D eigenvalue weighted by molar-refractivity contribution is 0.0556. The maximum atomic E-state index is 10.3. The molecule has 3 heterocycles. The Bertz CT molecular complexity index is 629. The molecule has 138 valence electrons. The molecule has 0 saturated carbocycles. The van der Waals surface area contributed by atoms with Gasteiger partial charge in [0, 0.05) is 37.9 Å². The molecule has 25 heavy (non-hydrogen) atoms. The molecule has 8 heteroatoms. The van der Waals surface area contributed by atoms with Crippen molar-refractivity contribution in [2.75, 3.05) is 26.7 Å². The van der Waals surface area contributed by atoms with Crippen LogP contribution >= 0.6 is 0 Å². The van der Waals surface area contributed by atoms with Crippen LogP contribution in [-0.2, 0) is 19.5 Å². The third-order valence-corrected chi connectivity index (χ3v) is 4.74. The monoisotopic (exact) mass is 348 g/mol. The summed E-state index contributed by atoms with van der Waals surface area (Å²) in [4.78, 5) is 9.03. The SMILES string of the molecule is CCc1nc(CN2CCCC(N(C)CC(O)Cn3cccn3)C2)no1. The number of rotatable bonds is 8. The van der Waals surface area contributed by atoms with Gasteiger partial charge in [0.25, 0.3) is 0 Å². The van der Waals surface area contributed by atoms with E-state index >= 15 is 0 Å². The molecule has 1 aliphatic rings. The van der Waals surface area contributed by atoms with E-state index in [9.17, 15) is 5.11 Å². The third-order valence-electron chi connectivity index (χ3n) is 4.74. The van der Waals surface area contributed by atoms with Gasteiger partial charge in [0.15, 0.2) is 5.82 Å². The largest absolute Gasteiger partial charge is 0.390 e. The highest BCUT2D eigenvalue weighted by Gasteiger charge is 2.25. The van der Waals surface area contributed by atoms with Crippen molar-refractivity contribution in [1.29, 1.82) is 0 Å². The molecule has 2 unspecified atom stereocenters. The highest BCUT2D eigenvalue weighted by atomic mass is 16.5. The number of piperidine rings is 1. The van der Waals surface area contributed by atoms with Crippen LogP contribution < -0.4 is 0 Å². The minimum Gasteiger partial charge on any atom is -0.390 e. The number of aryl methyl sites for hydroxylation is 1. The maximum absolute atomic E-state index is 10.3. The van der Waals surface area contributed by atoms with Gasteiger partial charge in [0.1, 0.15) is 0 Å². The molecule has 2 aromatic heterocycles. The number of aliphatic hydroxyl groups excluding tert-OH is 1. The van der Waals surface area contributed by atoms with Gasteiger partial charge in [-0.2, -0.15) is 10.1 Å². The lowest BCUT2D eigenvalue weighted by Gasteiger charge is -2.37. The van der Waals surface area contributed by atoms with E-state index in [0.29, 0.717) is 25.0 Å². The van der Waals surface area contributed by atoms with Crippen molar-refractivity contribution in [3.8, 4) is 0 Å². The van der Waals surface area contributed by atoms with Gasteiger partial charge < -0.3 is 9.63 Å². The second-order valence-electron chi connectivity index (χ2n) is 6.81. The zero-order valence-corrected chi connectivity index (χ0v) is 15.1. The topological polar surface area (TPSA) is 83.5 Å². The first kappa shape index (κ1) is 18.0. The predicted octanol–water partition coefficient (Wildman–Crippen LogP) is 0.786. The molecule has 2 aromatic rings. The number of likely N-dealkylation sites (N-methyl/N-ethyl adjacent to an activating group) is 1. The number of hydrogen-bond donors (Lipinski definition) is 1. The summed E-state index contributed by atoms with van der Waals surface area (Å²) >= 11 is 0. The Kier molecular flexibility index (Phi) is 6.17. The zero-order chi connectivity index (χ0) is 17.6. The second-order valence-corrected chi connectivity index (χ2v) is 6.81. The fourth-order valence-electron chi connectivity index (χ4n) is 3.40. The van der Waals surface area contributed by atoms with Gasteiger partial charge in [0.05, 0.1) is 19.2 Å². The van der Waals surface area contributed by atoms with Gasteiger partial charge >= 0.3 is 0 Å². The van der Waals surface area contributed by atoms with E-state index in [-0.39, 0.29) is 0 Å². The number of aliphatic hydroxyl groups is 1. The van der Waals surface area contributed by atoms with Gasteiger partial charge in [-0.1, -0.05) is 12.1 Å². The number of hydrogen-bond acceptors (Lipinski definition) is 7. The lowest BCUT2D eigenvalue weighted by Crippen LogP contribution is -2.48. The number of nitrogens with zero attached hydrogens (tertiary/aromatic N) is 6. The summed E-state index contributed by atoms with van der Waals surface area (Å²) in [6.45, 7) is 5.91. The van der Waals surface area contributed by atoms with E-state index in [4.69, 9.17) is 4.52 Å². The van der Waals surface area contributed by atoms with E-state index in [1.54, 1.807) is 10.9 Å². The van der Waals surface area contributed by atoms with Crippen molar-refractivity contribution in [3.63, 3.8) is 0 Å². The molecule has 1 N–H and O–H groups in total. The van der Waals surface area contributed by atoms with Gasteiger partial charge in [-0.15, -0.1) is 0 Å². The summed E-state index contributed by atoms with van der Waals surface area (Å²) in [6, 6.07) is 2.30. The molecule has 2 atom stereocenters. The van der Waals surface area contributed by atoms with Gasteiger partial charge in [-0.25, -0.2) is 0 Å². The molecule has 0 bridgehead atoms. The average molecular weight is 348 g/mol. The molecular weight excluding hydrogens is 320 g/mol. The zero-order valence-electron chi connectivity index (χ0n) is 15.1. The Labute approximate surface area is 148 Å². The summed E-state index contributed by atoms with van der Waals surface area (Å²) in [5, 5.41) is 18.5. The quantitative estimate of drug-likeness (QED) is 0.755. The Morgan fingerprint density at radius 3 is 3.08 bits per heavy atom. The molecular formula is C17H28N6O2. The standard InChI is InChI=1S/C17H28N6O2/c1-3-17-19-16(20-25-17)13-22-8-4-6-14(10-22)21(2)11-15(24)12-23-9-5-7-18-23/h5,7,9,14-15,24H,3-4,6,8,10-13H2,1-2H3. The van der Waals surface area contributed by atoms with Crippen molar-refractivity contribution in [2.24, 2.45) is 0 Å². The molecule has 0 aliphatic carbocycles. The molecule has 0 amide bonds. The average Bonchev–Trinajstić information content (AvgIpc) is 3.26.